The van der Waals surface area contributed by atoms with Crippen LogP contribution in [0.4, 0.5) is 0 Å². The van der Waals surface area contributed by atoms with E-state index in [2.05, 4.69) is 17.2 Å². The van der Waals surface area contributed by atoms with E-state index in [0.29, 0.717) is 10.6 Å². The van der Waals surface area contributed by atoms with Gasteiger partial charge in [0.25, 0.3) is 5.91 Å². The molecule has 1 heterocycles. The van der Waals surface area contributed by atoms with Crippen molar-refractivity contribution >= 4 is 17.5 Å². The van der Waals surface area contributed by atoms with E-state index in [1.54, 1.807) is 12.3 Å². The molecule has 92 valence electrons. The van der Waals surface area contributed by atoms with E-state index >= 15 is 0 Å². The monoisotopic (exact) mass is 252 g/mol. The zero-order valence-electron chi connectivity index (χ0n) is 10.0. The Morgan fingerprint density at radius 1 is 1.41 bits per heavy atom. The van der Waals surface area contributed by atoms with Crippen molar-refractivity contribution in [3.8, 4) is 0 Å². The first-order chi connectivity index (χ1) is 8.11. The zero-order chi connectivity index (χ0) is 12.3. The van der Waals surface area contributed by atoms with Crippen LogP contribution in [0.2, 0.25) is 5.02 Å². The van der Waals surface area contributed by atoms with Crippen LogP contribution in [0.5, 0.6) is 0 Å². The topological polar surface area (TPSA) is 42.0 Å². The Labute approximate surface area is 107 Å². The van der Waals surface area contributed by atoms with Crippen LogP contribution >= 0.6 is 11.6 Å². The van der Waals surface area contributed by atoms with E-state index in [1.807, 2.05) is 0 Å². The molecule has 0 aliphatic heterocycles. The molecule has 0 spiro atoms. The van der Waals surface area contributed by atoms with Gasteiger partial charge in [-0.1, -0.05) is 30.9 Å². The maximum absolute atomic E-state index is 12.1. The van der Waals surface area contributed by atoms with E-state index in [4.69, 9.17) is 11.6 Å². The van der Waals surface area contributed by atoms with Crippen molar-refractivity contribution in [1.29, 1.82) is 0 Å². The van der Waals surface area contributed by atoms with Gasteiger partial charge in [-0.25, -0.2) is 0 Å². The minimum absolute atomic E-state index is 0.0888. The normalized spacial score (nSPS) is 18.7. The van der Waals surface area contributed by atoms with Crippen LogP contribution in [0.25, 0.3) is 0 Å². The van der Waals surface area contributed by atoms with Crippen molar-refractivity contribution in [3.05, 3.63) is 29.0 Å². The second kappa shape index (κ2) is 5.05. The highest BCUT2D eigenvalue weighted by Gasteiger charge is 2.29. The summed E-state index contributed by atoms with van der Waals surface area (Å²) in [7, 11) is 0. The molecule has 0 unspecified atom stereocenters. The Hall–Kier alpha value is -1.09. The Morgan fingerprint density at radius 2 is 2.12 bits per heavy atom. The van der Waals surface area contributed by atoms with E-state index in [1.165, 1.54) is 25.5 Å². The van der Waals surface area contributed by atoms with E-state index < -0.39 is 0 Å². The maximum atomic E-state index is 12.1. The highest BCUT2D eigenvalue weighted by Crippen LogP contribution is 2.28. The maximum Gasteiger partial charge on any atom is 0.254 e. The Kier molecular flexibility index (Phi) is 3.67. The molecule has 0 radical (unpaired) electrons. The molecule has 2 rings (SSSR count). The van der Waals surface area contributed by atoms with Gasteiger partial charge in [0.2, 0.25) is 0 Å². The van der Waals surface area contributed by atoms with Crippen LogP contribution in [0.1, 0.15) is 49.4 Å². The predicted octanol–water partition coefficient (Wildman–Crippen LogP) is 3.19. The lowest BCUT2D eigenvalue weighted by Crippen LogP contribution is -2.47. The number of pyridine rings is 1. The number of amides is 1. The summed E-state index contributed by atoms with van der Waals surface area (Å²) < 4.78 is 0. The molecule has 1 saturated carbocycles. The molecule has 1 aromatic rings. The molecule has 0 bridgehead atoms. The van der Waals surface area contributed by atoms with E-state index in [-0.39, 0.29) is 11.4 Å². The molecule has 1 fully saturated rings. The van der Waals surface area contributed by atoms with Crippen molar-refractivity contribution < 1.29 is 4.79 Å². The summed E-state index contributed by atoms with van der Waals surface area (Å²) in [5.74, 6) is -0.118. The van der Waals surface area contributed by atoms with Gasteiger partial charge in [0.15, 0.2) is 0 Å². The second-order valence-electron chi connectivity index (χ2n) is 4.93. The van der Waals surface area contributed by atoms with Crippen LogP contribution in [0.15, 0.2) is 18.5 Å². The molecule has 1 N–H and O–H groups in total. The fourth-order valence-corrected chi connectivity index (χ4v) is 2.53. The third-order valence-electron chi connectivity index (χ3n) is 3.38. The molecule has 17 heavy (non-hydrogen) atoms. The largest absolute Gasteiger partial charge is 0.347 e. The van der Waals surface area contributed by atoms with Gasteiger partial charge in [-0.2, -0.15) is 0 Å². The number of hydrogen-bond donors (Lipinski definition) is 1. The molecule has 0 saturated heterocycles. The Bertz CT molecular complexity index is 414. The lowest BCUT2D eigenvalue weighted by Gasteiger charge is -2.34. The zero-order valence-corrected chi connectivity index (χ0v) is 10.8. The Morgan fingerprint density at radius 3 is 2.76 bits per heavy atom. The molecule has 1 aliphatic rings. The van der Waals surface area contributed by atoms with Crippen LogP contribution in [0, 0.1) is 0 Å². The van der Waals surface area contributed by atoms with Crippen LogP contribution in [0.3, 0.4) is 0 Å². The third-order valence-corrected chi connectivity index (χ3v) is 3.71. The molecule has 0 aromatic carbocycles. The first-order valence-electron chi connectivity index (χ1n) is 6.03. The van der Waals surface area contributed by atoms with Crippen molar-refractivity contribution in [1.82, 2.24) is 10.3 Å². The molecule has 1 aliphatic carbocycles. The van der Waals surface area contributed by atoms with Gasteiger partial charge in [-0.3, -0.25) is 9.78 Å². The van der Waals surface area contributed by atoms with Crippen LogP contribution in [-0.2, 0) is 0 Å². The van der Waals surface area contributed by atoms with Gasteiger partial charge in [0.05, 0.1) is 10.6 Å². The van der Waals surface area contributed by atoms with Gasteiger partial charge in [-0.05, 0) is 25.8 Å². The van der Waals surface area contributed by atoms with Crippen LogP contribution < -0.4 is 5.32 Å². The number of halogens is 1. The van der Waals surface area contributed by atoms with Gasteiger partial charge >= 0.3 is 0 Å². The predicted molar refractivity (Wildman–Crippen MR) is 68.2 cm³/mol. The number of aromatic nitrogens is 1. The van der Waals surface area contributed by atoms with E-state index in [0.717, 1.165) is 12.8 Å². The standard InChI is InChI=1S/C13H17ClN2O/c1-13(6-3-2-4-7-13)16-12(17)10-9-15-8-5-11(10)14/h5,8-9H,2-4,6-7H2,1H3,(H,16,17). The second-order valence-corrected chi connectivity index (χ2v) is 5.34. The average Bonchev–Trinajstić information content (AvgIpc) is 2.29. The molecule has 1 amide bonds. The minimum Gasteiger partial charge on any atom is -0.347 e. The minimum atomic E-state index is -0.118. The first-order valence-corrected chi connectivity index (χ1v) is 6.41. The smallest absolute Gasteiger partial charge is 0.254 e. The number of nitrogens with one attached hydrogen (secondary N) is 1. The van der Waals surface area contributed by atoms with Gasteiger partial charge in [0.1, 0.15) is 0 Å². The molecular formula is C13H17ClN2O. The summed E-state index contributed by atoms with van der Waals surface area (Å²) in [5.41, 5.74) is 0.370. The summed E-state index contributed by atoms with van der Waals surface area (Å²) >= 11 is 5.98. The van der Waals surface area contributed by atoms with Crippen molar-refractivity contribution in [2.24, 2.45) is 0 Å². The molecular weight excluding hydrogens is 236 g/mol. The number of hydrogen-bond acceptors (Lipinski definition) is 2. The Balaban J connectivity index is 2.09. The van der Waals surface area contributed by atoms with Crippen LogP contribution in [-0.4, -0.2) is 16.4 Å². The molecule has 3 nitrogen and oxygen atoms in total. The lowest BCUT2D eigenvalue weighted by molar-refractivity contribution is 0.0882. The van der Waals surface area contributed by atoms with Gasteiger partial charge < -0.3 is 5.32 Å². The SMILES string of the molecule is CC1(NC(=O)c2cnccc2Cl)CCCCC1. The first kappa shape index (κ1) is 12.4. The van der Waals surface area contributed by atoms with Crippen molar-refractivity contribution in [2.45, 2.75) is 44.6 Å². The number of carbonyl (C=O) groups excluding carboxylic acids is 1. The molecule has 4 heteroatoms. The van der Waals surface area contributed by atoms with Gasteiger partial charge in [-0.15, -0.1) is 0 Å². The summed E-state index contributed by atoms with van der Waals surface area (Å²) in [5, 5.41) is 3.54. The number of rotatable bonds is 2. The highest BCUT2D eigenvalue weighted by molar-refractivity contribution is 6.33. The quantitative estimate of drug-likeness (QED) is 0.878. The summed E-state index contributed by atoms with van der Waals surface area (Å²) in [6.45, 7) is 2.11. The molecule has 0 atom stereocenters. The lowest BCUT2D eigenvalue weighted by atomic mass is 9.83. The fourth-order valence-electron chi connectivity index (χ4n) is 2.34. The van der Waals surface area contributed by atoms with Crippen molar-refractivity contribution in [3.63, 3.8) is 0 Å². The fraction of sp³-hybridized carbons (Fsp3) is 0.538. The highest BCUT2D eigenvalue weighted by atomic mass is 35.5. The van der Waals surface area contributed by atoms with Gasteiger partial charge in [0, 0.05) is 17.9 Å². The van der Waals surface area contributed by atoms with E-state index in [9.17, 15) is 4.79 Å². The summed E-state index contributed by atoms with van der Waals surface area (Å²) in [6, 6.07) is 1.64. The molecule has 1 aromatic heterocycles. The summed E-state index contributed by atoms with van der Waals surface area (Å²) in [6.07, 6.45) is 8.80. The average molecular weight is 253 g/mol. The number of carbonyl (C=O) groups is 1. The summed E-state index contributed by atoms with van der Waals surface area (Å²) in [4.78, 5) is 16.0. The van der Waals surface area contributed by atoms with Crippen molar-refractivity contribution in [2.75, 3.05) is 0 Å². The third kappa shape index (κ3) is 2.97. The number of nitrogens with zero attached hydrogens (tertiary/aromatic N) is 1.